The monoisotopic (exact) mass is 216 g/mol. The Morgan fingerprint density at radius 2 is 1.93 bits per heavy atom. The lowest BCUT2D eigenvalue weighted by Crippen LogP contribution is -2.16. The Labute approximate surface area is 81.1 Å². The second kappa shape index (κ2) is 3.12. The molecule has 2 aliphatic rings. The molecule has 1 aromatic rings. The zero-order valence-electron chi connectivity index (χ0n) is 7.27. The van der Waals surface area contributed by atoms with Gasteiger partial charge in [0.2, 0.25) is 0 Å². The molecule has 7 heteroatoms. The van der Waals surface area contributed by atoms with Gasteiger partial charge in [0, 0.05) is 0 Å². The number of aryl methyl sites for hydroxylation is 1. The maximum Gasteiger partial charge on any atom is 0.441 e. The lowest BCUT2D eigenvalue weighted by Gasteiger charge is -2.04. The van der Waals surface area contributed by atoms with Gasteiger partial charge in [-0.15, -0.1) is 8.57 Å². The van der Waals surface area contributed by atoms with E-state index in [1.54, 1.807) is 18.2 Å². The molecule has 3 rings (SSSR count). The van der Waals surface area contributed by atoms with E-state index in [4.69, 9.17) is 0 Å². The molecule has 2 N–H and O–H groups in total. The van der Waals surface area contributed by atoms with E-state index in [-0.39, 0.29) is 0 Å². The van der Waals surface area contributed by atoms with Crippen LogP contribution in [0.25, 0.3) is 0 Å². The van der Waals surface area contributed by atoms with Gasteiger partial charge in [-0.25, -0.2) is 11.0 Å². The van der Waals surface area contributed by atoms with E-state index in [2.05, 4.69) is 19.5 Å². The summed E-state index contributed by atoms with van der Waals surface area (Å²) < 4.78 is 30.6. The zero-order chi connectivity index (χ0) is 10.2. The van der Waals surface area contributed by atoms with Crippen LogP contribution in [0.4, 0.5) is 11.4 Å². The smallest absolute Gasteiger partial charge is 0.247 e. The van der Waals surface area contributed by atoms with Crippen molar-refractivity contribution in [3.63, 3.8) is 0 Å². The van der Waals surface area contributed by atoms with E-state index in [0.717, 1.165) is 5.56 Å². The minimum Gasteiger partial charge on any atom is -0.247 e. The highest BCUT2D eigenvalue weighted by atomic mass is 32.3. The van der Waals surface area contributed by atoms with Gasteiger partial charge in [-0.05, 0) is 30.7 Å². The first kappa shape index (κ1) is 9.25. The van der Waals surface area contributed by atoms with Crippen molar-refractivity contribution in [2.45, 2.75) is 6.92 Å². The molecule has 0 unspecified atom stereocenters. The summed E-state index contributed by atoms with van der Waals surface area (Å²) in [7, 11) is -4.05. The van der Waals surface area contributed by atoms with Gasteiger partial charge in [-0.3, -0.25) is 0 Å². The Morgan fingerprint density at radius 3 is 2.64 bits per heavy atom. The maximum atomic E-state index is 11.0. The van der Waals surface area contributed by atoms with Crippen molar-refractivity contribution in [1.82, 2.24) is 0 Å². The average molecular weight is 216 g/mol. The molecule has 0 fully saturated rings. The molecule has 0 spiro atoms. The largest absolute Gasteiger partial charge is 0.441 e. The summed E-state index contributed by atoms with van der Waals surface area (Å²) in [5.74, 6) is 0. The third-order valence-corrected chi connectivity index (χ3v) is 2.32. The minimum atomic E-state index is -4.05. The van der Waals surface area contributed by atoms with Crippen LogP contribution in [-0.4, -0.2) is 8.42 Å². The summed E-state index contributed by atoms with van der Waals surface area (Å²) >= 11 is 0. The number of nitrogens with one attached hydrogen (secondary N) is 2. The predicted molar refractivity (Wildman–Crippen MR) is 49.5 cm³/mol. The van der Waals surface area contributed by atoms with Crippen molar-refractivity contribution in [1.29, 1.82) is 0 Å². The number of hydrogen-bond acceptors (Lipinski definition) is 6. The summed E-state index contributed by atoms with van der Waals surface area (Å²) in [5, 5.41) is 0. The molecule has 0 aliphatic carbocycles. The number of hydrogen-bond donors (Lipinski definition) is 2. The third kappa shape index (κ3) is 1.79. The van der Waals surface area contributed by atoms with Crippen LogP contribution in [0.15, 0.2) is 18.2 Å². The minimum absolute atomic E-state index is 0.544. The molecule has 14 heavy (non-hydrogen) atoms. The highest BCUT2D eigenvalue weighted by Gasteiger charge is 2.16. The van der Waals surface area contributed by atoms with Gasteiger partial charge >= 0.3 is 10.4 Å². The van der Waals surface area contributed by atoms with E-state index >= 15 is 0 Å². The SMILES string of the molecule is Cc1cc2ccc1NOS(=O)(=O)ON2. The molecule has 2 bridgehead atoms. The first-order chi connectivity index (χ1) is 6.57. The molecule has 0 saturated carbocycles. The van der Waals surface area contributed by atoms with Crippen LogP contribution >= 0.6 is 0 Å². The lowest BCUT2D eigenvalue weighted by atomic mass is 10.2. The topological polar surface area (TPSA) is 76.7 Å². The highest BCUT2D eigenvalue weighted by Crippen LogP contribution is 2.22. The van der Waals surface area contributed by atoms with E-state index in [1.165, 1.54) is 0 Å². The molecule has 76 valence electrons. The van der Waals surface area contributed by atoms with Crippen LogP contribution in [0.5, 0.6) is 0 Å². The molecular formula is C7H8N2O4S. The molecule has 0 saturated heterocycles. The van der Waals surface area contributed by atoms with Crippen molar-refractivity contribution in [3.05, 3.63) is 23.8 Å². The lowest BCUT2D eigenvalue weighted by molar-refractivity contribution is 0.281. The van der Waals surface area contributed by atoms with Gasteiger partial charge < -0.3 is 0 Å². The summed E-state index contributed by atoms with van der Waals surface area (Å²) in [4.78, 5) is 0. The molecular weight excluding hydrogens is 208 g/mol. The second-order valence-corrected chi connectivity index (χ2v) is 3.96. The summed E-state index contributed by atoms with van der Waals surface area (Å²) in [6, 6.07) is 5.08. The Bertz CT molecular complexity index is 457. The standard InChI is InChI=1S/C7H8N2O4S/c1-5-4-6-2-3-7(5)9-13-14(10,11)12-8-6/h2-4,8-9H,1H3. The molecule has 2 aliphatic heterocycles. The van der Waals surface area contributed by atoms with Gasteiger partial charge in [0.05, 0.1) is 11.4 Å². The molecule has 0 amide bonds. The van der Waals surface area contributed by atoms with Crippen molar-refractivity contribution in [2.75, 3.05) is 11.0 Å². The molecule has 6 nitrogen and oxygen atoms in total. The van der Waals surface area contributed by atoms with Crippen LogP contribution in [-0.2, 0) is 19.0 Å². The number of fused-ring (bicyclic) bond motifs is 6. The van der Waals surface area contributed by atoms with Crippen molar-refractivity contribution in [3.8, 4) is 0 Å². The third-order valence-electron chi connectivity index (χ3n) is 1.74. The van der Waals surface area contributed by atoms with E-state index in [0.29, 0.717) is 11.4 Å². The average Bonchev–Trinajstić information content (AvgIpc) is 2.21. The Hall–Kier alpha value is -1.31. The van der Waals surface area contributed by atoms with Crippen LogP contribution in [0.2, 0.25) is 0 Å². The second-order valence-electron chi connectivity index (χ2n) is 2.81. The van der Waals surface area contributed by atoms with Crippen molar-refractivity contribution in [2.24, 2.45) is 0 Å². The Kier molecular flexibility index (Phi) is 2.06. The number of rotatable bonds is 0. The van der Waals surface area contributed by atoms with Gasteiger partial charge in [0.15, 0.2) is 0 Å². The van der Waals surface area contributed by atoms with E-state index in [1.807, 2.05) is 6.92 Å². The summed E-state index contributed by atoms with van der Waals surface area (Å²) in [5.41, 5.74) is 6.50. The molecule has 0 radical (unpaired) electrons. The molecule has 0 atom stereocenters. The first-order valence-electron chi connectivity index (χ1n) is 3.81. The molecule has 0 aromatic heterocycles. The van der Waals surface area contributed by atoms with Crippen LogP contribution in [0.1, 0.15) is 5.56 Å². The number of anilines is 2. The van der Waals surface area contributed by atoms with Crippen molar-refractivity contribution >= 4 is 21.8 Å². The Morgan fingerprint density at radius 1 is 1.21 bits per heavy atom. The normalized spacial score (nSPS) is 18.6. The van der Waals surface area contributed by atoms with Crippen LogP contribution < -0.4 is 11.0 Å². The fourth-order valence-corrected chi connectivity index (χ4v) is 1.48. The van der Waals surface area contributed by atoms with E-state index < -0.39 is 10.4 Å². The van der Waals surface area contributed by atoms with Gasteiger partial charge in [0.1, 0.15) is 0 Å². The number of benzene rings is 1. The molecule has 2 heterocycles. The predicted octanol–water partition coefficient (Wildman–Crippen LogP) is 0.940. The quantitative estimate of drug-likeness (QED) is 0.672. The Balaban J connectivity index is 2.43. The van der Waals surface area contributed by atoms with E-state index in [9.17, 15) is 8.42 Å². The van der Waals surface area contributed by atoms with Crippen LogP contribution in [0, 0.1) is 6.92 Å². The highest BCUT2D eigenvalue weighted by molar-refractivity contribution is 7.81. The summed E-state index contributed by atoms with van der Waals surface area (Å²) in [6.45, 7) is 1.81. The van der Waals surface area contributed by atoms with Gasteiger partial charge in [0.25, 0.3) is 0 Å². The first-order valence-corrected chi connectivity index (χ1v) is 5.15. The van der Waals surface area contributed by atoms with Crippen molar-refractivity contribution < 1.29 is 17.0 Å². The maximum absolute atomic E-state index is 11.0. The van der Waals surface area contributed by atoms with Crippen LogP contribution in [0.3, 0.4) is 0 Å². The summed E-state index contributed by atoms with van der Waals surface area (Å²) in [6.07, 6.45) is 0. The fourth-order valence-electron chi connectivity index (χ4n) is 1.05. The molecule has 1 aromatic carbocycles. The fraction of sp³-hybridized carbons (Fsp3) is 0.143. The van der Waals surface area contributed by atoms with Gasteiger partial charge in [-0.1, -0.05) is 0 Å². The zero-order valence-corrected chi connectivity index (χ0v) is 8.09. The van der Waals surface area contributed by atoms with Gasteiger partial charge in [-0.2, -0.15) is 8.42 Å².